The molecule has 1 aromatic carbocycles. The summed E-state index contributed by atoms with van der Waals surface area (Å²) in [5.41, 5.74) is 1.71. The van der Waals surface area contributed by atoms with Crippen molar-refractivity contribution < 1.29 is 19.0 Å². The van der Waals surface area contributed by atoms with Gasteiger partial charge in [0.25, 0.3) is 0 Å². The van der Waals surface area contributed by atoms with E-state index in [2.05, 4.69) is 4.98 Å². The minimum absolute atomic E-state index is 0.249. The number of hydrogen-bond donors (Lipinski definition) is 0. The van der Waals surface area contributed by atoms with E-state index in [1.807, 2.05) is 13.0 Å². The van der Waals surface area contributed by atoms with Gasteiger partial charge in [-0.2, -0.15) is 0 Å². The van der Waals surface area contributed by atoms with Crippen molar-refractivity contribution in [3.63, 3.8) is 0 Å². The monoisotopic (exact) mass is 261 g/mol. The van der Waals surface area contributed by atoms with Crippen molar-refractivity contribution in [1.82, 2.24) is 4.98 Å². The third-order valence-electron chi connectivity index (χ3n) is 2.92. The number of pyridine rings is 1. The zero-order chi connectivity index (χ0) is 14.0. The van der Waals surface area contributed by atoms with Gasteiger partial charge >= 0.3 is 5.97 Å². The molecule has 5 heteroatoms. The Morgan fingerprint density at radius 1 is 1.11 bits per heavy atom. The number of fused-ring (bicyclic) bond motifs is 1. The molecule has 0 atom stereocenters. The van der Waals surface area contributed by atoms with Crippen LogP contribution in [0.2, 0.25) is 0 Å². The van der Waals surface area contributed by atoms with Gasteiger partial charge in [0.15, 0.2) is 0 Å². The maximum atomic E-state index is 11.6. The van der Waals surface area contributed by atoms with Crippen LogP contribution in [0, 0.1) is 6.92 Å². The fourth-order valence-electron chi connectivity index (χ4n) is 2.02. The molecule has 0 unspecified atom stereocenters. The highest BCUT2D eigenvalue weighted by molar-refractivity contribution is 5.97. The molecule has 0 aliphatic carbocycles. The molecule has 100 valence electrons. The van der Waals surface area contributed by atoms with Gasteiger partial charge in [0.2, 0.25) is 0 Å². The molecule has 0 spiro atoms. The van der Waals surface area contributed by atoms with Crippen molar-refractivity contribution in [3.05, 3.63) is 29.5 Å². The zero-order valence-electron chi connectivity index (χ0n) is 11.3. The number of esters is 1. The Balaban J connectivity index is 2.81. The molecule has 0 aliphatic heterocycles. The summed E-state index contributed by atoms with van der Waals surface area (Å²) in [5.74, 6) is 0.803. The first-order valence-corrected chi connectivity index (χ1v) is 5.73. The Hall–Kier alpha value is -2.30. The molecule has 0 aliphatic rings. The average molecular weight is 261 g/mol. The fourth-order valence-corrected chi connectivity index (χ4v) is 2.02. The molecule has 0 bridgehead atoms. The van der Waals surface area contributed by atoms with Crippen LogP contribution in [0.5, 0.6) is 11.5 Å². The molecule has 2 aromatic rings. The van der Waals surface area contributed by atoms with Crippen molar-refractivity contribution in [2.24, 2.45) is 0 Å². The summed E-state index contributed by atoms with van der Waals surface area (Å²) >= 11 is 0. The number of hydrogen-bond acceptors (Lipinski definition) is 5. The van der Waals surface area contributed by atoms with Crippen LogP contribution in [0.4, 0.5) is 0 Å². The van der Waals surface area contributed by atoms with Crippen LogP contribution in [0.25, 0.3) is 10.9 Å². The van der Waals surface area contributed by atoms with Crippen molar-refractivity contribution in [1.29, 1.82) is 0 Å². The van der Waals surface area contributed by atoms with Crippen LogP contribution in [0.15, 0.2) is 18.2 Å². The van der Waals surface area contributed by atoms with E-state index in [4.69, 9.17) is 14.2 Å². The molecule has 0 saturated carbocycles. The van der Waals surface area contributed by atoms with Gasteiger partial charge < -0.3 is 14.2 Å². The quantitative estimate of drug-likeness (QED) is 0.794. The molecule has 19 heavy (non-hydrogen) atoms. The molecule has 0 amide bonds. The number of rotatable bonds is 3. The Morgan fingerprint density at radius 2 is 1.74 bits per heavy atom. The summed E-state index contributed by atoms with van der Waals surface area (Å²) in [7, 11) is 4.48. The van der Waals surface area contributed by atoms with Gasteiger partial charge in [0.05, 0.1) is 21.3 Å². The smallest absolute Gasteiger partial charge is 0.356 e. The van der Waals surface area contributed by atoms with Crippen molar-refractivity contribution in [2.45, 2.75) is 6.92 Å². The summed E-state index contributed by atoms with van der Waals surface area (Å²) in [5, 5.41) is 0.828. The summed E-state index contributed by atoms with van der Waals surface area (Å²) in [6, 6.07) is 5.25. The van der Waals surface area contributed by atoms with E-state index in [1.54, 1.807) is 26.4 Å². The lowest BCUT2D eigenvalue weighted by atomic mass is 10.1. The molecule has 0 fully saturated rings. The van der Waals surface area contributed by atoms with E-state index < -0.39 is 5.97 Å². The Kier molecular flexibility index (Phi) is 3.55. The van der Waals surface area contributed by atoms with Gasteiger partial charge in [-0.05, 0) is 30.7 Å². The fraction of sp³-hybridized carbons (Fsp3) is 0.286. The maximum Gasteiger partial charge on any atom is 0.356 e. The third-order valence-corrected chi connectivity index (χ3v) is 2.92. The van der Waals surface area contributed by atoms with Gasteiger partial charge in [-0.15, -0.1) is 0 Å². The second-order valence-corrected chi connectivity index (χ2v) is 4.01. The number of aryl methyl sites for hydroxylation is 1. The maximum absolute atomic E-state index is 11.6. The topological polar surface area (TPSA) is 57.7 Å². The number of nitrogens with zero attached hydrogens (tertiary/aromatic N) is 1. The lowest BCUT2D eigenvalue weighted by Gasteiger charge is -2.12. The molecular weight excluding hydrogens is 246 g/mol. The number of benzene rings is 1. The first kappa shape index (κ1) is 13.1. The Bertz CT molecular complexity index is 637. The number of aromatic nitrogens is 1. The normalized spacial score (nSPS) is 10.3. The van der Waals surface area contributed by atoms with Gasteiger partial charge in [0, 0.05) is 5.39 Å². The van der Waals surface area contributed by atoms with Crippen LogP contribution in [-0.2, 0) is 4.74 Å². The third kappa shape index (κ3) is 2.19. The van der Waals surface area contributed by atoms with Crippen molar-refractivity contribution >= 4 is 16.9 Å². The number of carbonyl (C=O) groups is 1. The van der Waals surface area contributed by atoms with E-state index in [-0.39, 0.29) is 5.69 Å². The number of carbonyl (C=O) groups excluding carboxylic acids is 1. The summed E-state index contributed by atoms with van der Waals surface area (Å²) in [6.45, 7) is 1.89. The van der Waals surface area contributed by atoms with E-state index in [0.717, 1.165) is 10.9 Å². The minimum atomic E-state index is -0.477. The molecular formula is C14H15NO4. The lowest BCUT2D eigenvalue weighted by molar-refractivity contribution is 0.0594. The second kappa shape index (κ2) is 5.14. The minimum Gasteiger partial charge on any atom is -0.496 e. The van der Waals surface area contributed by atoms with E-state index in [0.29, 0.717) is 17.0 Å². The SMILES string of the molecule is COC(=O)c1cc(C)c2c(OC)ccc(OC)c2n1. The average Bonchev–Trinajstić information content (AvgIpc) is 2.44. The van der Waals surface area contributed by atoms with Gasteiger partial charge in [-0.1, -0.05) is 0 Å². The zero-order valence-corrected chi connectivity index (χ0v) is 11.3. The highest BCUT2D eigenvalue weighted by atomic mass is 16.5. The van der Waals surface area contributed by atoms with Crippen molar-refractivity contribution in [3.8, 4) is 11.5 Å². The van der Waals surface area contributed by atoms with E-state index in [9.17, 15) is 4.79 Å². The van der Waals surface area contributed by atoms with Crippen LogP contribution >= 0.6 is 0 Å². The molecule has 1 aromatic heterocycles. The molecule has 0 saturated heterocycles. The predicted octanol–water partition coefficient (Wildman–Crippen LogP) is 2.35. The van der Waals surface area contributed by atoms with Crippen LogP contribution in [0.1, 0.15) is 16.1 Å². The number of methoxy groups -OCH3 is 3. The van der Waals surface area contributed by atoms with Crippen LogP contribution in [0.3, 0.4) is 0 Å². The predicted molar refractivity (Wildman–Crippen MR) is 70.9 cm³/mol. The first-order chi connectivity index (χ1) is 9.12. The largest absolute Gasteiger partial charge is 0.496 e. The molecule has 1 heterocycles. The summed E-state index contributed by atoms with van der Waals surface area (Å²) in [4.78, 5) is 15.9. The van der Waals surface area contributed by atoms with Gasteiger partial charge in [-0.25, -0.2) is 9.78 Å². The highest BCUT2D eigenvalue weighted by Crippen LogP contribution is 2.34. The summed E-state index contributed by atoms with van der Waals surface area (Å²) < 4.78 is 15.3. The Labute approximate surface area is 111 Å². The van der Waals surface area contributed by atoms with Crippen molar-refractivity contribution in [2.75, 3.05) is 21.3 Å². The molecule has 0 N–H and O–H groups in total. The number of ether oxygens (including phenoxy) is 3. The standard InChI is InChI=1S/C14H15NO4/c1-8-7-9(14(16)19-4)15-13-11(18-3)6-5-10(17-2)12(8)13/h5-7H,1-4H3. The van der Waals surface area contributed by atoms with Crippen LogP contribution in [-0.4, -0.2) is 32.3 Å². The van der Waals surface area contributed by atoms with Gasteiger partial charge in [-0.3, -0.25) is 0 Å². The van der Waals surface area contributed by atoms with E-state index in [1.165, 1.54) is 7.11 Å². The van der Waals surface area contributed by atoms with Crippen LogP contribution < -0.4 is 9.47 Å². The van der Waals surface area contributed by atoms with Gasteiger partial charge in [0.1, 0.15) is 22.7 Å². The highest BCUT2D eigenvalue weighted by Gasteiger charge is 2.16. The lowest BCUT2D eigenvalue weighted by Crippen LogP contribution is -2.06. The molecule has 0 radical (unpaired) electrons. The first-order valence-electron chi connectivity index (χ1n) is 5.73. The van der Waals surface area contributed by atoms with E-state index >= 15 is 0 Å². The molecule has 5 nitrogen and oxygen atoms in total. The second-order valence-electron chi connectivity index (χ2n) is 4.01. The summed E-state index contributed by atoms with van der Waals surface area (Å²) in [6.07, 6.45) is 0. The molecule has 2 rings (SSSR count). The Morgan fingerprint density at radius 3 is 2.32 bits per heavy atom.